The van der Waals surface area contributed by atoms with Crippen LogP contribution in [0.15, 0.2) is 48.5 Å². The molecule has 31 heavy (non-hydrogen) atoms. The van der Waals surface area contributed by atoms with Crippen LogP contribution in [0.3, 0.4) is 0 Å². The fourth-order valence-corrected chi connectivity index (χ4v) is 4.39. The average Bonchev–Trinajstić information content (AvgIpc) is 2.80. The summed E-state index contributed by atoms with van der Waals surface area (Å²) in [5.41, 5.74) is 9.51. The number of anilines is 1. The quantitative estimate of drug-likeness (QED) is 0.456. The number of amides is 1. The van der Waals surface area contributed by atoms with Gasteiger partial charge in [-0.25, -0.2) is 4.79 Å². The van der Waals surface area contributed by atoms with Crippen LogP contribution in [0.5, 0.6) is 0 Å². The molecule has 1 fully saturated rings. The summed E-state index contributed by atoms with van der Waals surface area (Å²) >= 11 is 0. The number of primary amides is 1. The van der Waals surface area contributed by atoms with Crippen LogP contribution in [0, 0.1) is 0 Å². The van der Waals surface area contributed by atoms with Crippen molar-refractivity contribution in [3.8, 4) is 0 Å². The molecule has 0 aromatic heterocycles. The van der Waals surface area contributed by atoms with Gasteiger partial charge in [0.25, 0.3) is 0 Å². The van der Waals surface area contributed by atoms with E-state index in [4.69, 9.17) is 10.5 Å². The highest BCUT2D eigenvalue weighted by molar-refractivity contribution is 5.90. The molecule has 166 valence electrons. The SMILES string of the molecule is CCCCOC(=O)c1ccc(C(C(N)=O)C(C)c2ccccc2N2CCCCC2)cc1. The number of hydrogen-bond donors (Lipinski definition) is 1. The summed E-state index contributed by atoms with van der Waals surface area (Å²) in [7, 11) is 0. The Bertz CT molecular complexity index is 872. The van der Waals surface area contributed by atoms with Gasteiger partial charge in [0.05, 0.1) is 18.1 Å². The maximum absolute atomic E-state index is 12.5. The molecule has 5 heteroatoms. The maximum Gasteiger partial charge on any atom is 0.338 e. The van der Waals surface area contributed by atoms with E-state index in [9.17, 15) is 9.59 Å². The fourth-order valence-electron chi connectivity index (χ4n) is 4.39. The van der Waals surface area contributed by atoms with Gasteiger partial charge in [0.2, 0.25) is 5.91 Å². The molecule has 0 aliphatic carbocycles. The third-order valence-corrected chi connectivity index (χ3v) is 6.17. The first-order valence-corrected chi connectivity index (χ1v) is 11.4. The smallest absolute Gasteiger partial charge is 0.338 e. The third-order valence-electron chi connectivity index (χ3n) is 6.17. The number of hydrogen-bond acceptors (Lipinski definition) is 4. The maximum atomic E-state index is 12.5. The van der Waals surface area contributed by atoms with Crippen LogP contribution in [0.4, 0.5) is 5.69 Å². The Morgan fingerprint density at radius 3 is 2.35 bits per heavy atom. The Kier molecular flexibility index (Phi) is 8.10. The second-order valence-electron chi connectivity index (χ2n) is 8.39. The lowest BCUT2D eigenvalue weighted by Crippen LogP contribution is -2.32. The molecule has 3 rings (SSSR count). The molecule has 2 N–H and O–H groups in total. The molecule has 2 atom stereocenters. The predicted molar refractivity (Wildman–Crippen MR) is 124 cm³/mol. The highest BCUT2D eigenvalue weighted by atomic mass is 16.5. The van der Waals surface area contributed by atoms with Gasteiger partial charge in [-0.3, -0.25) is 4.79 Å². The molecule has 2 aromatic carbocycles. The number of para-hydroxylation sites is 1. The van der Waals surface area contributed by atoms with E-state index in [1.54, 1.807) is 12.1 Å². The van der Waals surface area contributed by atoms with Crippen LogP contribution < -0.4 is 10.6 Å². The lowest BCUT2D eigenvalue weighted by Gasteiger charge is -2.33. The number of nitrogens with zero attached hydrogens (tertiary/aromatic N) is 1. The van der Waals surface area contributed by atoms with Crippen LogP contribution in [-0.4, -0.2) is 31.6 Å². The van der Waals surface area contributed by atoms with E-state index >= 15 is 0 Å². The number of rotatable bonds is 9. The van der Waals surface area contributed by atoms with Crippen molar-refractivity contribution in [2.45, 2.75) is 57.8 Å². The summed E-state index contributed by atoms with van der Waals surface area (Å²) in [6.07, 6.45) is 5.48. The molecule has 0 bridgehead atoms. The summed E-state index contributed by atoms with van der Waals surface area (Å²) in [4.78, 5) is 27.1. The number of piperidine rings is 1. The van der Waals surface area contributed by atoms with E-state index < -0.39 is 5.92 Å². The monoisotopic (exact) mass is 422 g/mol. The minimum atomic E-state index is -0.476. The largest absolute Gasteiger partial charge is 0.462 e. The number of ether oxygens (including phenoxy) is 1. The van der Waals surface area contributed by atoms with Crippen LogP contribution in [0.1, 0.15) is 79.3 Å². The molecule has 0 spiro atoms. The van der Waals surface area contributed by atoms with E-state index in [1.807, 2.05) is 18.2 Å². The molecule has 2 unspecified atom stereocenters. The number of esters is 1. The molecule has 1 saturated heterocycles. The normalized spacial score (nSPS) is 15.9. The molecular weight excluding hydrogens is 388 g/mol. The van der Waals surface area contributed by atoms with Crippen molar-refractivity contribution in [2.24, 2.45) is 5.73 Å². The third kappa shape index (κ3) is 5.66. The Hall–Kier alpha value is -2.82. The van der Waals surface area contributed by atoms with Crippen molar-refractivity contribution >= 4 is 17.6 Å². The molecular formula is C26H34N2O3. The molecule has 0 saturated carbocycles. The van der Waals surface area contributed by atoms with Gasteiger partial charge in [-0.2, -0.15) is 0 Å². The van der Waals surface area contributed by atoms with Gasteiger partial charge >= 0.3 is 5.97 Å². The zero-order valence-corrected chi connectivity index (χ0v) is 18.7. The van der Waals surface area contributed by atoms with Gasteiger partial charge in [-0.05, 0) is 60.9 Å². The average molecular weight is 423 g/mol. The van der Waals surface area contributed by atoms with E-state index in [1.165, 1.54) is 24.9 Å². The molecule has 0 radical (unpaired) electrons. The summed E-state index contributed by atoms with van der Waals surface area (Å²) in [5, 5.41) is 0. The van der Waals surface area contributed by atoms with E-state index in [2.05, 4.69) is 36.9 Å². The number of benzene rings is 2. The summed E-state index contributed by atoms with van der Waals surface area (Å²) in [5.74, 6) is -1.26. The first-order valence-electron chi connectivity index (χ1n) is 11.4. The zero-order valence-electron chi connectivity index (χ0n) is 18.7. The predicted octanol–water partition coefficient (Wildman–Crippen LogP) is 5.01. The lowest BCUT2D eigenvalue weighted by molar-refractivity contribution is -0.119. The van der Waals surface area contributed by atoms with Crippen molar-refractivity contribution in [3.05, 3.63) is 65.2 Å². The molecule has 1 aliphatic rings. The summed E-state index contributed by atoms with van der Waals surface area (Å²) < 4.78 is 5.28. The Morgan fingerprint density at radius 1 is 1.03 bits per heavy atom. The molecule has 5 nitrogen and oxygen atoms in total. The lowest BCUT2D eigenvalue weighted by atomic mass is 9.81. The Labute approximate surface area is 185 Å². The first-order chi connectivity index (χ1) is 15.0. The second kappa shape index (κ2) is 11.0. The van der Waals surface area contributed by atoms with Crippen LogP contribution >= 0.6 is 0 Å². The molecule has 2 aromatic rings. The van der Waals surface area contributed by atoms with Crippen molar-refractivity contribution in [3.63, 3.8) is 0 Å². The van der Waals surface area contributed by atoms with Gasteiger partial charge in [0, 0.05) is 18.8 Å². The van der Waals surface area contributed by atoms with Gasteiger partial charge in [-0.1, -0.05) is 50.6 Å². The van der Waals surface area contributed by atoms with Gasteiger partial charge < -0.3 is 15.4 Å². The zero-order chi connectivity index (χ0) is 22.2. The minimum Gasteiger partial charge on any atom is -0.462 e. The van der Waals surface area contributed by atoms with E-state index in [0.717, 1.165) is 37.1 Å². The van der Waals surface area contributed by atoms with Gasteiger partial charge in [-0.15, -0.1) is 0 Å². The summed E-state index contributed by atoms with van der Waals surface area (Å²) in [6, 6.07) is 15.4. The molecule has 1 heterocycles. The van der Waals surface area contributed by atoms with Crippen LogP contribution in [-0.2, 0) is 9.53 Å². The first kappa shape index (κ1) is 22.9. The number of unbranched alkanes of at least 4 members (excludes halogenated alkanes) is 1. The number of nitrogens with two attached hydrogens (primary N) is 1. The van der Waals surface area contributed by atoms with Crippen molar-refractivity contribution in [1.82, 2.24) is 0 Å². The standard InChI is InChI=1S/C26H34N2O3/c1-3-4-18-31-26(30)21-14-12-20(13-15-21)24(25(27)29)19(2)22-10-6-7-11-23(22)28-16-8-5-9-17-28/h6-7,10-15,19,24H,3-5,8-9,16-18H2,1-2H3,(H2,27,29). The van der Waals surface area contributed by atoms with Gasteiger partial charge in [0.1, 0.15) is 0 Å². The number of carbonyl (C=O) groups excluding carboxylic acids is 2. The molecule has 1 amide bonds. The highest BCUT2D eigenvalue weighted by Gasteiger charge is 2.29. The topological polar surface area (TPSA) is 72.6 Å². The highest BCUT2D eigenvalue weighted by Crippen LogP contribution is 2.38. The minimum absolute atomic E-state index is 0.0852. The number of carbonyl (C=O) groups is 2. The van der Waals surface area contributed by atoms with Gasteiger partial charge in [0.15, 0.2) is 0 Å². The van der Waals surface area contributed by atoms with E-state index in [-0.39, 0.29) is 17.8 Å². The van der Waals surface area contributed by atoms with Crippen molar-refractivity contribution < 1.29 is 14.3 Å². The summed E-state index contributed by atoms with van der Waals surface area (Å²) in [6.45, 7) is 6.62. The van der Waals surface area contributed by atoms with E-state index in [0.29, 0.717) is 12.2 Å². The van der Waals surface area contributed by atoms with Crippen molar-refractivity contribution in [2.75, 3.05) is 24.6 Å². The van der Waals surface area contributed by atoms with Crippen LogP contribution in [0.2, 0.25) is 0 Å². The van der Waals surface area contributed by atoms with Crippen LogP contribution in [0.25, 0.3) is 0 Å². The second-order valence-corrected chi connectivity index (χ2v) is 8.39. The molecule has 1 aliphatic heterocycles. The Balaban J connectivity index is 1.83. The fraction of sp³-hybridized carbons (Fsp3) is 0.462. The van der Waals surface area contributed by atoms with Crippen molar-refractivity contribution in [1.29, 1.82) is 0 Å². The Morgan fingerprint density at radius 2 is 1.71 bits per heavy atom.